The normalized spacial score (nSPS) is 16.2. The van der Waals surface area contributed by atoms with Crippen LogP contribution >= 0.6 is 0 Å². The van der Waals surface area contributed by atoms with Gasteiger partial charge >= 0.3 is 6.18 Å². The van der Waals surface area contributed by atoms with Gasteiger partial charge in [0, 0.05) is 26.2 Å². The van der Waals surface area contributed by atoms with Gasteiger partial charge in [-0.15, -0.1) is 0 Å². The first-order valence-electron chi connectivity index (χ1n) is 8.80. The van der Waals surface area contributed by atoms with Gasteiger partial charge in [0.15, 0.2) is 0 Å². The highest BCUT2D eigenvalue weighted by Crippen LogP contribution is 2.33. The molecule has 0 saturated carbocycles. The molecule has 1 aliphatic rings. The molecule has 0 bridgehead atoms. The third-order valence-electron chi connectivity index (χ3n) is 4.55. The van der Waals surface area contributed by atoms with E-state index in [1.807, 2.05) is 12.1 Å². The van der Waals surface area contributed by atoms with E-state index in [1.165, 1.54) is 12.1 Å². The van der Waals surface area contributed by atoms with E-state index in [2.05, 4.69) is 9.62 Å². The van der Waals surface area contributed by atoms with Gasteiger partial charge in [-0.3, -0.25) is 4.90 Å². The molecule has 1 aliphatic heterocycles. The third-order valence-corrected chi connectivity index (χ3v) is 6.01. The van der Waals surface area contributed by atoms with Crippen LogP contribution in [0.5, 0.6) is 0 Å². The second-order valence-electron chi connectivity index (χ2n) is 6.48. The molecule has 0 amide bonds. The number of ether oxygens (including phenoxy) is 1. The molecule has 0 atom stereocenters. The van der Waals surface area contributed by atoms with E-state index in [0.29, 0.717) is 19.8 Å². The molecule has 0 unspecified atom stereocenters. The Morgan fingerprint density at radius 1 is 0.964 bits per heavy atom. The van der Waals surface area contributed by atoms with Gasteiger partial charge in [0.05, 0.1) is 23.7 Å². The summed E-state index contributed by atoms with van der Waals surface area (Å²) in [4.78, 5) is 1.42. The fourth-order valence-electron chi connectivity index (χ4n) is 3.07. The number of halogens is 3. The van der Waals surface area contributed by atoms with Crippen molar-refractivity contribution in [3.8, 4) is 0 Å². The Labute approximate surface area is 162 Å². The fourth-order valence-corrected chi connectivity index (χ4v) is 4.30. The smallest absolute Gasteiger partial charge is 0.379 e. The van der Waals surface area contributed by atoms with Crippen LogP contribution in [0.15, 0.2) is 53.4 Å². The van der Waals surface area contributed by atoms with Gasteiger partial charge in [-0.25, -0.2) is 13.1 Å². The average molecular weight is 414 g/mol. The van der Waals surface area contributed by atoms with Crippen molar-refractivity contribution in [2.24, 2.45) is 0 Å². The summed E-state index contributed by atoms with van der Waals surface area (Å²) in [6.45, 7) is 3.37. The highest BCUT2D eigenvalue weighted by Gasteiger charge is 2.36. The van der Waals surface area contributed by atoms with Gasteiger partial charge in [-0.2, -0.15) is 13.2 Å². The predicted octanol–water partition coefficient (Wildman–Crippen LogP) is 3.02. The molecule has 152 valence electrons. The molecule has 1 heterocycles. The Kier molecular flexibility index (Phi) is 6.39. The van der Waals surface area contributed by atoms with Crippen molar-refractivity contribution in [1.29, 1.82) is 0 Å². The summed E-state index contributed by atoms with van der Waals surface area (Å²) in [5.41, 5.74) is 0.474. The number of rotatable bonds is 6. The molecule has 0 spiro atoms. The van der Waals surface area contributed by atoms with Gasteiger partial charge in [-0.1, -0.05) is 36.4 Å². The molecule has 9 heteroatoms. The fraction of sp³-hybridized carbons (Fsp3) is 0.368. The summed E-state index contributed by atoms with van der Waals surface area (Å²) in [5, 5.41) is 0. The van der Waals surface area contributed by atoms with E-state index in [0.717, 1.165) is 36.3 Å². The van der Waals surface area contributed by atoms with Crippen LogP contribution in [-0.4, -0.2) is 39.6 Å². The average Bonchev–Trinajstić information content (AvgIpc) is 2.67. The van der Waals surface area contributed by atoms with Crippen LogP contribution in [0.1, 0.15) is 16.7 Å². The standard InChI is InChI=1S/C19H21F3N2O3S/c20-19(21,22)17-7-3-4-8-18(17)28(25,26)23-13-15-5-1-2-6-16(15)14-24-9-11-27-12-10-24/h1-8,23H,9-14H2. The molecular weight excluding hydrogens is 393 g/mol. The largest absolute Gasteiger partial charge is 0.417 e. The first-order chi connectivity index (χ1) is 13.3. The summed E-state index contributed by atoms with van der Waals surface area (Å²) in [7, 11) is -4.33. The minimum atomic E-state index is -4.75. The Bertz CT molecular complexity index is 911. The number of alkyl halides is 3. The zero-order valence-electron chi connectivity index (χ0n) is 15.1. The van der Waals surface area contributed by atoms with Gasteiger partial charge in [0.25, 0.3) is 0 Å². The molecule has 0 aliphatic carbocycles. The summed E-state index contributed by atoms with van der Waals surface area (Å²) < 4.78 is 72.2. The van der Waals surface area contributed by atoms with Crippen LogP contribution in [0.2, 0.25) is 0 Å². The van der Waals surface area contributed by atoms with Crippen molar-refractivity contribution in [2.45, 2.75) is 24.2 Å². The second-order valence-corrected chi connectivity index (χ2v) is 8.21. The molecule has 1 fully saturated rings. The molecule has 1 N–H and O–H groups in total. The molecule has 3 rings (SSSR count). The summed E-state index contributed by atoms with van der Waals surface area (Å²) >= 11 is 0. The number of nitrogens with one attached hydrogen (secondary N) is 1. The topological polar surface area (TPSA) is 58.6 Å². The first kappa shape index (κ1) is 20.8. The Balaban J connectivity index is 1.77. The van der Waals surface area contributed by atoms with E-state index >= 15 is 0 Å². The lowest BCUT2D eigenvalue weighted by molar-refractivity contribution is -0.139. The Hall–Kier alpha value is -1.94. The van der Waals surface area contributed by atoms with Gasteiger partial charge in [0.2, 0.25) is 10.0 Å². The number of morpholine rings is 1. The Morgan fingerprint density at radius 2 is 1.57 bits per heavy atom. The second kappa shape index (κ2) is 8.60. The number of benzene rings is 2. The number of sulfonamides is 1. The molecule has 0 radical (unpaired) electrons. The van der Waals surface area contributed by atoms with Crippen molar-refractivity contribution < 1.29 is 26.3 Å². The summed E-state index contributed by atoms with van der Waals surface area (Å²) in [5.74, 6) is 0. The minimum Gasteiger partial charge on any atom is -0.379 e. The van der Waals surface area contributed by atoms with Crippen LogP contribution in [0.25, 0.3) is 0 Å². The highest BCUT2D eigenvalue weighted by atomic mass is 32.2. The number of hydrogen-bond acceptors (Lipinski definition) is 4. The lowest BCUT2D eigenvalue weighted by Gasteiger charge is -2.27. The highest BCUT2D eigenvalue weighted by molar-refractivity contribution is 7.89. The van der Waals surface area contributed by atoms with Crippen molar-refractivity contribution in [3.05, 3.63) is 65.2 Å². The number of nitrogens with zero attached hydrogens (tertiary/aromatic N) is 1. The van der Waals surface area contributed by atoms with Crippen molar-refractivity contribution in [1.82, 2.24) is 9.62 Å². The van der Waals surface area contributed by atoms with Gasteiger partial charge in [0.1, 0.15) is 0 Å². The zero-order valence-corrected chi connectivity index (χ0v) is 15.9. The van der Waals surface area contributed by atoms with E-state index in [1.54, 1.807) is 12.1 Å². The van der Waals surface area contributed by atoms with E-state index < -0.39 is 26.7 Å². The van der Waals surface area contributed by atoms with E-state index in [-0.39, 0.29) is 6.54 Å². The predicted molar refractivity (Wildman–Crippen MR) is 98.0 cm³/mol. The Morgan fingerprint density at radius 3 is 2.25 bits per heavy atom. The molecule has 2 aromatic carbocycles. The molecular formula is C19H21F3N2O3S. The summed E-state index contributed by atoms with van der Waals surface area (Å²) in [6.07, 6.45) is -4.75. The van der Waals surface area contributed by atoms with E-state index in [4.69, 9.17) is 4.74 Å². The maximum atomic E-state index is 13.2. The zero-order chi connectivity index (χ0) is 20.2. The van der Waals surface area contributed by atoms with E-state index in [9.17, 15) is 21.6 Å². The quantitative estimate of drug-likeness (QED) is 0.790. The maximum Gasteiger partial charge on any atom is 0.417 e. The molecule has 5 nitrogen and oxygen atoms in total. The van der Waals surface area contributed by atoms with Crippen LogP contribution < -0.4 is 4.72 Å². The van der Waals surface area contributed by atoms with Crippen LogP contribution in [0.4, 0.5) is 13.2 Å². The monoisotopic (exact) mass is 414 g/mol. The summed E-state index contributed by atoms with van der Waals surface area (Å²) in [6, 6.07) is 11.5. The third kappa shape index (κ3) is 5.11. The lowest BCUT2D eigenvalue weighted by atomic mass is 10.1. The van der Waals surface area contributed by atoms with Gasteiger partial charge < -0.3 is 4.74 Å². The number of hydrogen-bond donors (Lipinski definition) is 1. The van der Waals surface area contributed by atoms with Crippen molar-refractivity contribution in [2.75, 3.05) is 26.3 Å². The molecule has 28 heavy (non-hydrogen) atoms. The van der Waals surface area contributed by atoms with Crippen LogP contribution in [0.3, 0.4) is 0 Å². The maximum absolute atomic E-state index is 13.2. The van der Waals surface area contributed by atoms with Crippen molar-refractivity contribution >= 4 is 10.0 Å². The SMILES string of the molecule is O=S(=O)(NCc1ccccc1CN1CCOCC1)c1ccccc1C(F)(F)F. The lowest BCUT2D eigenvalue weighted by Crippen LogP contribution is -2.36. The van der Waals surface area contributed by atoms with Gasteiger partial charge in [-0.05, 0) is 23.3 Å². The minimum absolute atomic E-state index is 0.0883. The van der Waals surface area contributed by atoms with Crippen LogP contribution in [0, 0.1) is 0 Å². The molecule has 0 aromatic heterocycles. The molecule has 1 saturated heterocycles. The van der Waals surface area contributed by atoms with Crippen molar-refractivity contribution in [3.63, 3.8) is 0 Å². The first-order valence-corrected chi connectivity index (χ1v) is 10.3. The van der Waals surface area contributed by atoms with Crippen LogP contribution in [-0.2, 0) is 34.0 Å². The molecule has 2 aromatic rings.